The molecule has 0 aliphatic heterocycles. The Morgan fingerprint density at radius 2 is 1.78 bits per heavy atom. The van der Waals surface area contributed by atoms with E-state index in [1.807, 2.05) is 43.3 Å². The fourth-order valence-corrected chi connectivity index (χ4v) is 5.57. The minimum atomic E-state index is -4.00. The highest BCUT2D eigenvalue weighted by molar-refractivity contribution is 7.85. The summed E-state index contributed by atoms with van der Waals surface area (Å²) in [6, 6.07) is 24.5. The quantitative estimate of drug-likeness (QED) is 0.290. The molecule has 0 aliphatic rings. The first kappa shape index (κ1) is 20.8. The summed E-state index contributed by atoms with van der Waals surface area (Å²) in [5, 5.41) is 0.947. The number of hydrogen-bond donors (Lipinski definition) is 1. The van der Waals surface area contributed by atoms with E-state index in [-0.39, 0.29) is 5.75 Å². The van der Waals surface area contributed by atoms with Crippen LogP contribution in [0.2, 0.25) is 0 Å². The molecule has 0 saturated carbocycles. The molecule has 3 aromatic carbocycles. The second kappa shape index (κ2) is 8.12. The fraction of sp³-hybridized carbons (Fsp3) is 0.167. The van der Waals surface area contributed by atoms with Crippen molar-refractivity contribution in [3.63, 3.8) is 0 Å². The molecule has 32 heavy (non-hydrogen) atoms. The minimum absolute atomic E-state index is 0.269. The van der Waals surface area contributed by atoms with E-state index in [1.165, 1.54) is 0 Å². The Morgan fingerprint density at radius 3 is 2.53 bits per heavy atom. The zero-order chi connectivity index (χ0) is 22.3. The molecule has 162 valence electrons. The van der Waals surface area contributed by atoms with Crippen LogP contribution < -0.4 is 4.57 Å². The molecule has 0 aliphatic carbocycles. The summed E-state index contributed by atoms with van der Waals surface area (Å²) in [6.45, 7) is 2.50. The second-order valence-corrected chi connectivity index (χ2v) is 10.3. The summed E-state index contributed by atoms with van der Waals surface area (Å²) in [4.78, 5) is 4.79. The average molecular weight is 465 g/mol. The number of imidazole rings is 1. The van der Waals surface area contributed by atoms with Crippen LogP contribution in [0.15, 0.2) is 72.8 Å². The van der Waals surface area contributed by atoms with Crippen molar-refractivity contribution in [2.75, 3.05) is 5.75 Å². The number of fused-ring (bicyclic) bond motifs is 2. The van der Waals surface area contributed by atoms with Crippen molar-refractivity contribution in [3.8, 4) is 16.3 Å². The number of para-hydroxylation sites is 2. The Hall–Kier alpha value is -3.07. The predicted octanol–water partition coefficient (Wildman–Crippen LogP) is 4.78. The summed E-state index contributed by atoms with van der Waals surface area (Å²) in [5.74, 6) is 0.720. The monoisotopic (exact) mass is 464 g/mol. The molecule has 0 unspecified atom stereocenters. The molecule has 0 atom stereocenters. The van der Waals surface area contributed by atoms with Gasteiger partial charge >= 0.3 is 0 Å². The molecule has 0 radical (unpaired) electrons. The summed E-state index contributed by atoms with van der Waals surface area (Å²) >= 11 is 1.65. The highest BCUT2D eigenvalue weighted by atomic mass is 32.2. The highest BCUT2D eigenvalue weighted by Crippen LogP contribution is 2.32. The smallest absolute Gasteiger partial charge is 0.265 e. The molecule has 2 aromatic heterocycles. The van der Waals surface area contributed by atoms with Crippen LogP contribution in [0, 0.1) is 6.92 Å². The minimum Gasteiger partial charge on any atom is -0.286 e. The third kappa shape index (κ3) is 3.92. The van der Waals surface area contributed by atoms with Crippen LogP contribution >= 0.6 is 11.3 Å². The Balaban J connectivity index is 1.66. The van der Waals surface area contributed by atoms with Gasteiger partial charge < -0.3 is 0 Å². The van der Waals surface area contributed by atoms with E-state index in [0.717, 1.165) is 43.3 Å². The third-order valence-corrected chi connectivity index (χ3v) is 7.45. The van der Waals surface area contributed by atoms with Gasteiger partial charge in [-0.25, -0.2) is 9.55 Å². The van der Waals surface area contributed by atoms with E-state index in [9.17, 15) is 13.0 Å². The number of aromatic nitrogens is 3. The summed E-state index contributed by atoms with van der Waals surface area (Å²) in [5.41, 5.74) is 5.07. The van der Waals surface area contributed by atoms with E-state index in [4.69, 9.17) is 4.98 Å². The molecule has 6 nitrogen and oxygen atoms in total. The largest absolute Gasteiger partial charge is 0.286 e. The molecule has 0 fully saturated rings. The van der Waals surface area contributed by atoms with Crippen molar-refractivity contribution < 1.29 is 17.5 Å². The van der Waals surface area contributed by atoms with Gasteiger partial charge in [-0.05, 0) is 42.5 Å². The van der Waals surface area contributed by atoms with Gasteiger partial charge in [0.25, 0.3) is 15.9 Å². The zero-order valence-electron chi connectivity index (χ0n) is 17.5. The first-order valence-electron chi connectivity index (χ1n) is 10.3. The molecule has 0 bridgehead atoms. The Bertz CT molecular complexity index is 1500. The molecule has 5 aromatic rings. The lowest BCUT2D eigenvalue weighted by Crippen LogP contribution is -2.37. The summed E-state index contributed by atoms with van der Waals surface area (Å²) in [6.07, 6.45) is 0.323. The zero-order valence-corrected chi connectivity index (χ0v) is 19.1. The molecule has 8 heteroatoms. The topological polar surface area (TPSA) is 76.1 Å². The molecule has 0 spiro atoms. The Kier molecular flexibility index (Phi) is 5.28. The van der Waals surface area contributed by atoms with E-state index >= 15 is 0 Å². The lowest BCUT2D eigenvalue weighted by molar-refractivity contribution is -0.677. The maximum atomic E-state index is 11.3. The number of thiazole rings is 1. The van der Waals surface area contributed by atoms with Gasteiger partial charge in [-0.3, -0.25) is 4.55 Å². The first-order chi connectivity index (χ1) is 15.4. The Morgan fingerprint density at radius 1 is 1.03 bits per heavy atom. The second-order valence-electron chi connectivity index (χ2n) is 7.70. The first-order valence-corrected chi connectivity index (χ1v) is 12.7. The normalized spacial score (nSPS) is 12.1. The van der Waals surface area contributed by atoms with Gasteiger partial charge in [-0.15, -0.1) is 11.3 Å². The van der Waals surface area contributed by atoms with Gasteiger partial charge in [0, 0.05) is 18.9 Å². The SMILES string of the molecule is Cc1n(-c2ccccc2)c2ccc(-c3nc4ccccc4s3)cc2[n+]1CCCS(=O)(=O)O. The van der Waals surface area contributed by atoms with Crippen molar-refractivity contribution in [2.45, 2.75) is 19.9 Å². The van der Waals surface area contributed by atoms with Crippen LogP contribution in [-0.4, -0.2) is 28.3 Å². The van der Waals surface area contributed by atoms with Crippen LogP contribution in [0.25, 0.3) is 37.5 Å². The van der Waals surface area contributed by atoms with Crippen molar-refractivity contribution in [3.05, 3.63) is 78.6 Å². The molecule has 1 N–H and O–H groups in total. The average Bonchev–Trinajstić information content (AvgIpc) is 3.32. The number of nitrogens with zero attached hydrogens (tertiary/aromatic N) is 3. The maximum absolute atomic E-state index is 11.3. The van der Waals surface area contributed by atoms with Gasteiger partial charge in [0.15, 0.2) is 11.0 Å². The van der Waals surface area contributed by atoms with Gasteiger partial charge in [-0.2, -0.15) is 13.0 Å². The number of rotatable bonds is 6. The predicted molar refractivity (Wildman–Crippen MR) is 128 cm³/mol. The maximum Gasteiger partial charge on any atom is 0.265 e. The molecular formula is C24H22N3O3S2+. The van der Waals surface area contributed by atoms with Crippen molar-refractivity contribution >= 4 is 42.7 Å². The lowest BCUT2D eigenvalue weighted by Gasteiger charge is -2.01. The molecule has 2 heterocycles. The lowest BCUT2D eigenvalue weighted by atomic mass is 10.2. The van der Waals surface area contributed by atoms with Crippen LogP contribution in [0.3, 0.4) is 0 Å². The molecule has 5 rings (SSSR count). The van der Waals surface area contributed by atoms with E-state index in [2.05, 4.69) is 45.5 Å². The summed E-state index contributed by atoms with van der Waals surface area (Å²) < 4.78 is 37.1. The van der Waals surface area contributed by atoms with Crippen LogP contribution in [0.4, 0.5) is 0 Å². The van der Waals surface area contributed by atoms with Gasteiger partial charge in [-0.1, -0.05) is 30.3 Å². The van der Waals surface area contributed by atoms with E-state index < -0.39 is 10.1 Å². The van der Waals surface area contributed by atoms with Gasteiger partial charge in [0.1, 0.15) is 10.7 Å². The van der Waals surface area contributed by atoms with E-state index in [1.54, 1.807) is 11.3 Å². The molecule has 0 saturated heterocycles. The van der Waals surface area contributed by atoms with E-state index in [0.29, 0.717) is 13.0 Å². The van der Waals surface area contributed by atoms with Crippen LogP contribution in [-0.2, 0) is 16.7 Å². The van der Waals surface area contributed by atoms with Crippen molar-refractivity contribution in [1.29, 1.82) is 0 Å². The summed E-state index contributed by atoms with van der Waals surface area (Å²) in [7, 11) is -4.00. The highest BCUT2D eigenvalue weighted by Gasteiger charge is 2.24. The van der Waals surface area contributed by atoms with Crippen molar-refractivity contribution in [2.24, 2.45) is 0 Å². The van der Waals surface area contributed by atoms with Crippen LogP contribution in [0.5, 0.6) is 0 Å². The third-order valence-electron chi connectivity index (χ3n) is 5.56. The fourth-order valence-electron chi connectivity index (χ4n) is 4.12. The van der Waals surface area contributed by atoms with Gasteiger partial charge in [0.2, 0.25) is 0 Å². The number of hydrogen-bond acceptors (Lipinski definition) is 4. The number of aryl methyl sites for hydroxylation is 1. The van der Waals surface area contributed by atoms with Crippen molar-refractivity contribution in [1.82, 2.24) is 9.55 Å². The number of benzene rings is 3. The molecule has 0 amide bonds. The molecular weight excluding hydrogens is 442 g/mol. The Labute approximate surface area is 190 Å². The van der Waals surface area contributed by atoms with Crippen LogP contribution in [0.1, 0.15) is 12.2 Å². The van der Waals surface area contributed by atoms with Gasteiger partial charge in [0.05, 0.1) is 22.5 Å². The standard InChI is InChI=1S/C24H21N3O3S2/c1-17-26(14-7-15-32(28,29)30)22-16-18(24-25-20-10-5-6-11-23(20)31-24)12-13-21(22)27(17)19-8-3-2-4-9-19/h2-6,8-13,16H,7,14-15H2,1H3/p+1.